The van der Waals surface area contributed by atoms with Gasteiger partial charge in [0.05, 0.1) is 5.69 Å². The molecule has 1 aliphatic heterocycles. The molecule has 1 aromatic carbocycles. The lowest BCUT2D eigenvalue weighted by molar-refractivity contribution is 0.174. The quantitative estimate of drug-likeness (QED) is 0.703. The zero-order chi connectivity index (χ0) is 10.3. The van der Waals surface area contributed by atoms with Crippen LogP contribution in [0.5, 0.6) is 11.5 Å². The predicted molar refractivity (Wildman–Crippen MR) is 49.7 cm³/mol. The molecule has 2 heterocycles. The van der Waals surface area contributed by atoms with Gasteiger partial charge < -0.3 is 15.2 Å². The summed E-state index contributed by atoms with van der Waals surface area (Å²) in [5.74, 6) is 1.61. The average molecular weight is 205 g/mol. The molecule has 0 atom stereocenters. The molecule has 0 saturated heterocycles. The summed E-state index contributed by atoms with van der Waals surface area (Å²) in [5.41, 5.74) is 6.31. The second-order valence-electron chi connectivity index (χ2n) is 2.99. The van der Waals surface area contributed by atoms with Crippen molar-refractivity contribution in [1.29, 1.82) is 0 Å². The smallest absolute Gasteiger partial charge is 0.245 e. The van der Waals surface area contributed by atoms with E-state index in [1.165, 1.54) is 4.68 Å². The first kappa shape index (κ1) is 8.04. The van der Waals surface area contributed by atoms with Crippen molar-refractivity contribution < 1.29 is 9.47 Å². The van der Waals surface area contributed by atoms with Crippen LogP contribution in [0.2, 0.25) is 0 Å². The molecule has 15 heavy (non-hydrogen) atoms. The summed E-state index contributed by atoms with van der Waals surface area (Å²) in [4.78, 5) is 0. The summed E-state index contributed by atoms with van der Waals surface area (Å²) in [7, 11) is 0. The maximum absolute atomic E-state index is 5.57. The third-order valence-electron chi connectivity index (χ3n) is 2.09. The van der Waals surface area contributed by atoms with E-state index in [2.05, 4.69) is 15.5 Å². The van der Waals surface area contributed by atoms with E-state index in [0.29, 0.717) is 11.5 Å². The maximum atomic E-state index is 5.57. The fourth-order valence-electron chi connectivity index (χ4n) is 1.39. The molecule has 0 spiro atoms. The second kappa shape index (κ2) is 2.84. The fraction of sp³-hybridized carbons (Fsp3) is 0.125. The van der Waals surface area contributed by atoms with Crippen molar-refractivity contribution in [2.24, 2.45) is 0 Å². The van der Waals surface area contributed by atoms with E-state index in [0.717, 1.165) is 5.69 Å². The van der Waals surface area contributed by atoms with E-state index in [1.54, 1.807) is 18.2 Å². The molecule has 2 N–H and O–H groups in total. The Hall–Kier alpha value is -2.31. The Labute approximate surface area is 84.4 Å². The lowest BCUT2D eigenvalue weighted by Crippen LogP contribution is -2.02. The first-order chi connectivity index (χ1) is 7.34. The maximum Gasteiger partial charge on any atom is 0.245 e. The molecule has 7 nitrogen and oxygen atoms in total. The summed E-state index contributed by atoms with van der Waals surface area (Å²) in [5, 5.41) is 10.8. The molecule has 0 bridgehead atoms. The molecular weight excluding hydrogens is 198 g/mol. The zero-order valence-corrected chi connectivity index (χ0v) is 7.62. The topological polar surface area (TPSA) is 88.1 Å². The number of tetrazole rings is 1. The Kier molecular flexibility index (Phi) is 1.52. The van der Waals surface area contributed by atoms with Crippen LogP contribution in [0.15, 0.2) is 18.2 Å². The molecule has 0 saturated carbocycles. The minimum absolute atomic E-state index is 0.230. The van der Waals surface area contributed by atoms with Gasteiger partial charge in [0.15, 0.2) is 11.5 Å². The predicted octanol–water partition coefficient (Wildman–Crippen LogP) is -0.0268. The van der Waals surface area contributed by atoms with Gasteiger partial charge in [0, 0.05) is 6.07 Å². The Bertz CT molecular complexity index is 509. The van der Waals surface area contributed by atoms with Gasteiger partial charge in [-0.05, 0) is 22.6 Å². The van der Waals surface area contributed by atoms with Gasteiger partial charge >= 0.3 is 0 Å². The lowest BCUT2D eigenvalue weighted by atomic mass is 10.3. The summed E-state index contributed by atoms with van der Waals surface area (Å²) >= 11 is 0. The number of anilines is 1. The highest BCUT2D eigenvalue weighted by Crippen LogP contribution is 2.33. The van der Waals surface area contributed by atoms with E-state index >= 15 is 0 Å². The van der Waals surface area contributed by atoms with Crippen LogP contribution in [0.4, 0.5) is 5.95 Å². The Balaban J connectivity index is 2.11. The van der Waals surface area contributed by atoms with E-state index < -0.39 is 0 Å². The summed E-state index contributed by atoms with van der Waals surface area (Å²) < 4.78 is 11.8. The van der Waals surface area contributed by atoms with Gasteiger partial charge in [0.1, 0.15) is 0 Å². The van der Waals surface area contributed by atoms with Gasteiger partial charge in [-0.15, -0.1) is 0 Å². The van der Waals surface area contributed by atoms with Gasteiger partial charge in [0.2, 0.25) is 12.7 Å². The number of aromatic nitrogens is 4. The highest BCUT2D eigenvalue weighted by atomic mass is 16.7. The van der Waals surface area contributed by atoms with Gasteiger partial charge in [-0.25, -0.2) is 0 Å². The summed E-state index contributed by atoms with van der Waals surface area (Å²) in [6.45, 7) is 0.240. The van der Waals surface area contributed by atoms with Crippen molar-refractivity contribution in [2.75, 3.05) is 12.5 Å². The monoisotopic (exact) mass is 205 g/mol. The van der Waals surface area contributed by atoms with Crippen molar-refractivity contribution in [3.63, 3.8) is 0 Å². The van der Waals surface area contributed by atoms with Crippen LogP contribution in [-0.2, 0) is 0 Å². The number of rotatable bonds is 1. The molecule has 2 aromatic rings. The number of nitrogens with zero attached hydrogens (tertiary/aromatic N) is 4. The van der Waals surface area contributed by atoms with Crippen molar-refractivity contribution in [3.8, 4) is 17.2 Å². The molecular formula is C8H7N5O2. The second-order valence-corrected chi connectivity index (χ2v) is 2.99. The van der Waals surface area contributed by atoms with Crippen molar-refractivity contribution >= 4 is 5.95 Å². The van der Waals surface area contributed by atoms with Crippen molar-refractivity contribution in [2.45, 2.75) is 0 Å². The van der Waals surface area contributed by atoms with Crippen LogP contribution < -0.4 is 15.2 Å². The molecule has 7 heteroatoms. The number of ether oxygens (including phenoxy) is 2. The zero-order valence-electron chi connectivity index (χ0n) is 7.62. The highest BCUT2D eigenvalue weighted by molar-refractivity contribution is 5.50. The van der Waals surface area contributed by atoms with Crippen LogP contribution in [0.25, 0.3) is 5.69 Å². The van der Waals surface area contributed by atoms with Crippen molar-refractivity contribution in [1.82, 2.24) is 20.2 Å². The number of benzene rings is 1. The fourth-order valence-corrected chi connectivity index (χ4v) is 1.39. The van der Waals surface area contributed by atoms with E-state index in [9.17, 15) is 0 Å². The Morgan fingerprint density at radius 1 is 1.27 bits per heavy atom. The molecule has 0 aliphatic carbocycles. The van der Waals surface area contributed by atoms with Crippen LogP contribution in [-0.4, -0.2) is 27.0 Å². The van der Waals surface area contributed by atoms with Gasteiger partial charge in [0.25, 0.3) is 0 Å². The van der Waals surface area contributed by atoms with Crippen molar-refractivity contribution in [3.05, 3.63) is 18.2 Å². The first-order valence-electron chi connectivity index (χ1n) is 4.28. The molecule has 1 aromatic heterocycles. The van der Waals surface area contributed by atoms with Crippen LogP contribution in [0.1, 0.15) is 0 Å². The molecule has 0 fully saturated rings. The number of hydrogen-bond donors (Lipinski definition) is 1. The molecule has 0 unspecified atom stereocenters. The third kappa shape index (κ3) is 1.17. The molecule has 3 rings (SSSR count). The Morgan fingerprint density at radius 3 is 2.93 bits per heavy atom. The minimum atomic E-state index is 0.230. The first-order valence-corrected chi connectivity index (χ1v) is 4.28. The van der Waals surface area contributed by atoms with Crippen LogP contribution >= 0.6 is 0 Å². The lowest BCUT2D eigenvalue weighted by Gasteiger charge is -2.02. The largest absolute Gasteiger partial charge is 0.454 e. The normalized spacial score (nSPS) is 13.1. The Morgan fingerprint density at radius 2 is 2.13 bits per heavy atom. The van der Waals surface area contributed by atoms with Crippen LogP contribution in [0.3, 0.4) is 0 Å². The molecule has 0 amide bonds. The molecule has 76 valence electrons. The standard InChI is InChI=1S/C8H7N5O2/c9-8-10-11-12-13(8)5-1-2-6-7(3-5)15-4-14-6/h1-3H,4H2,(H2,9,10,12). The minimum Gasteiger partial charge on any atom is -0.454 e. The summed E-state index contributed by atoms with van der Waals surface area (Å²) in [6, 6.07) is 5.37. The summed E-state index contributed by atoms with van der Waals surface area (Å²) in [6.07, 6.45) is 0. The molecule has 1 aliphatic rings. The SMILES string of the molecule is Nc1nnnn1-c1ccc2c(c1)OCO2. The van der Waals surface area contributed by atoms with E-state index in [-0.39, 0.29) is 12.7 Å². The number of fused-ring (bicyclic) bond motifs is 1. The van der Waals surface area contributed by atoms with E-state index in [1.807, 2.05) is 0 Å². The van der Waals surface area contributed by atoms with E-state index in [4.69, 9.17) is 15.2 Å². The highest BCUT2D eigenvalue weighted by Gasteiger charge is 2.15. The van der Waals surface area contributed by atoms with Gasteiger partial charge in [-0.3, -0.25) is 0 Å². The number of hydrogen-bond acceptors (Lipinski definition) is 6. The van der Waals surface area contributed by atoms with Gasteiger partial charge in [-0.1, -0.05) is 5.10 Å². The number of nitrogen functional groups attached to an aromatic ring is 1. The average Bonchev–Trinajstić information content (AvgIpc) is 2.84. The third-order valence-corrected chi connectivity index (χ3v) is 2.09. The molecule has 0 radical (unpaired) electrons. The van der Waals surface area contributed by atoms with Crippen LogP contribution in [0, 0.1) is 0 Å². The van der Waals surface area contributed by atoms with Gasteiger partial charge in [-0.2, -0.15) is 4.68 Å². The number of nitrogens with two attached hydrogens (primary N) is 1.